The molecule has 0 saturated carbocycles. The Morgan fingerprint density at radius 2 is 1.05 bits per heavy atom. The maximum atomic E-state index is 12.2. The van der Waals surface area contributed by atoms with E-state index in [0.29, 0.717) is 0 Å². The van der Waals surface area contributed by atoms with Crippen LogP contribution in [0.1, 0.15) is 33.3 Å². The normalized spacial score (nSPS) is 9.76. The van der Waals surface area contributed by atoms with Gasteiger partial charge in [-0.1, -0.05) is 45.4 Å². The van der Waals surface area contributed by atoms with Gasteiger partial charge in [-0.25, -0.2) is 8.42 Å². The molecule has 0 amide bonds. The van der Waals surface area contributed by atoms with Crippen LogP contribution in [0, 0.1) is 6.92 Å². The minimum Gasteiger partial charge on any atom is -0.508 e. The fraction of sp³-hybridized carbons (Fsp3) is 0.294. The van der Waals surface area contributed by atoms with Crippen LogP contribution >= 0.6 is 0 Å². The summed E-state index contributed by atoms with van der Waals surface area (Å²) in [6.45, 7) is 9.90. The van der Waals surface area contributed by atoms with Crippen LogP contribution in [-0.4, -0.2) is 13.5 Å². The van der Waals surface area contributed by atoms with Crippen LogP contribution < -0.4 is 0 Å². The highest BCUT2D eigenvalue weighted by molar-refractivity contribution is 7.91. The van der Waals surface area contributed by atoms with Crippen LogP contribution in [-0.2, 0) is 9.84 Å². The Morgan fingerprint density at radius 3 is 1.43 bits per heavy atom. The Morgan fingerprint density at radius 1 is 0.714 bits per heavy atom. The lowest BCUT2D eigenvalue weighted by Crippen LogP contribution is -2.01. The molecular formula is C17H24O3S. The van der Waals surface area contributed by atoms with Crippen LogP contribution in [0.2, 0.25) is 0 Å². The van der Waals surface area contributed by atoms with Crippen molar-refractivity contribution < 1.29 is 13.5 Å². The maximum absolute atomic E-state index is 12.2. The van der Waals surface area contributed by atoms with Gasteiger partial charge < -0.3 is 5.11 Å². The van der Waals surface area contributed by atoms with E-state index in [1.165, 1.54) is 24.3 Å². The van der Waals surface area contributed by atoms with E-state index >= 15 is 0 Å². The smallest absolute Gasteiger partial charge is 0.206 e. The van der Waals surface area contributed by atoms with E-state index in [2.05, 4.69) is 0 Å². The second-order valence-corrected chi connectivity index (χ2v) is 5.76. The van der Waals surface area contributed by atoms with Gasteiger partial charge in [-0.3, -0.25) is 0 Å². The third kappa shape index (κ3) is 5.23. The van der Waals surface area contributed by atoms with E-state index in [-0.39, 0.29) is 15.5 Å². The summed E-state index contributed by atoms with van der Waals surface area (Å²) in [4.78, 5) is 0.438. The molecule has 2 aromatic rings. The Kier molecular flexibility index (Phi) is 8.39. The molecule has 0 unspecified atom stereocenters. The number of rotatable bonds is 2. The molecule has 0 saturated heterocycles. The van der Waals surface area contributed by atoms with E-state index in [4.69, 9.17) is 5.11 Å². The van der Waals surface area contributed by atoms with Crippen LogP contribution in [0.4, 0.5) is 0 Å². The van der Waals surface area contributed by atoms with E-state index in [1.807, 2.05) is 34.6 Å². The predicted molar refractivity (Wildman–Crippen MR) is 87.4 cm³/mol. The first-order valence-electron chi connectivity index (χ1n) is 7.11. The summed E-state index contributed by atoms with van der Waals surface area (Å²) in [5.74, 6) is 0.0489. The lowest BCUT2D eigenvalue weighted by atomic mass is 10.2. The highest BCUT2D eigenvalue weighted by Gasteiger charge is 2.16. The molecule has 1 N–H and O–H groups in total. The molecule has 0 spiro atoms. The van der Waals surface area contributed by atoms with Crippen LogP contribution in [0.3, 0.4) is 0 Å². The van der Waals surface area contributed by atoms with Crippen molar-refractivity contribution in [2.75, 3.05) is 0 Å². The molecule has 0 aliphatic rings. The predicted octanol–water partition coefficient (Wildman–Crippen LogP) is 4.59. The SMILES string of the molecule is CC.CC.Cc1ccc(S(=O)(=O)c2ccc(O)cc2)cc1. The quantitative estimate of drug-likeness (QED) is 0.883. The van der Waals surface area contributed by atoms with Crippen LogP contribution in [0.15, 0.2) is 58.3 Å². The van der Waals surface area contributed by atoms with Crippen molar-refractivity contribution in [1.82, 2.24) is 0 Å². The number of aryl methyl sites for hydroxylation is 1. The lowest BCUT2D eigenvalue weighted by Gasteiger charge is -2.04. The van der Waals surface area contributed by atoms with Gasteiger partial charge in [0.2, 0.25) is 9.84 Å². The number of sulfone groups is 1. The van der Waals surface area contributed by atoms with Gasteiger partial charge in [0, 0.05) is 0 Å². The Bertz CT molecular complexity index is 561. The van der Waals surface area contributed by atoms with Crippen LogP contribution in [0.5, 0.6) is 5.75 Å². The molecule has 0 bridgehead atoms. The highest BCUT2D eigenvalue weighted by atomic mass is 32.2. The van der Waals surface area contributed by atoms with Crippen molar-refractivity contribution in [1.29, 1.82) is 0 Å². The molecule has 21 heavy (non-hydrogen) atoms. The third-order valence-corrected chi connectivity index (χ3v) is 4.26. The van der Waals surface area contributed by atoms with E-state index < -0.39 is 9.84 Å². The monoisotopic (exact) mass is 308 g/mol. The van der Waals surface area contributed by atoms with Gasteiger partial charge in [0.25, 0.3) is 0 Å². The zero-order chi connectivity index (χ0) is 16.5. The molecule has 116 valence electrons. The van der Waals surface area contributed by atoms with Crippen molar-refractivity contribution in [2.24, 2.45) is 0 Å². The molecular weight excluding hydrogens is 284 g/mol. The summed E-state index contributed by atoms with van der Waals surface area (Å²) in [7, 11) is -3.48. The molecule has 0 radical (unpaired) electrons. The van der Waals surface area contributed by atoms with Crippen molar-refractivity contribution in [3.05, 3.63) is 54.1 Å². The van der Waals surface area contributed by atoms with Gasteiger partial charge in [0.15, 0.2) is 0 Å². The van der Waals surface area contributed by atoms with Gasteiger partial charge in [0.05, 0.1) is 9.79 Å². The maximum Gasteiger partial charge on any atom is 0.206 e. The summed E-state index contributed by atoms with van der Waals surface area (Å²) in [6.07, 6.45) is 0. The second kappa shape index (κ2) is 9.19. The molecule has 2 aromatic carbocycles. The number of hydrogen-bond donors (Lipinski definition) is 1. The van der Waals surface area contributed by atoms with Crippen molar-refractivity contribution >= 4 is 9.84 Å². The summed E-state index contributed by atoms with van der Waals surface area (Å²) < 4.78 is 24.3. The minimum absolute atomic E-state index is 0.0489. The second-order valence-electron chi connectivity index (χ2n) is 3.81. The Hall–Kier alpha value is -1.81. The van der Waals surface area contributed by atoms with E-state index in [0.717, 1.165) is 5.56 Å². The lowest BCUT2D eigenvalue weighted by molar-refractivity contribution is 0.475. The standard InChI is InChI=1S/C13H12O3S.2C2H6/c1-10-2-6-12(7-3-10)17(15,16)13-8-4-11(14)5-9-13;2*1-2/h2-9,14H,1H3;2*1-2H3. The summed E-state index contributed by atoms with van der Waals surface area (Å²) >= 11 is 0. The summed E-state index contributed by atoms with van der Waals surface area (Å²) in [5.41, 5.74) is 1.01. The van der Waals surface area contributed by atoms with Gasteiger partial charge >= 0.3 is 0 Å². The van der Waals surface area contributed by atoms with Gasteiger partial charge in [-0.15, -0.1) is 0 Å². The number of phenols is 1. The third-order valence-electron chi connectivity index (χ3n) is 2.48. The fourth-order valence-corrected chi connectivity index (χ4v) is 2.74. The molecule has 2 rings (SSSR count). The highest BCUT2D eigenvalue weighted by Crippen LogP contribution is 2.22. The largest absolute Gasteiger partial charge is 0.508 e. The molecule has 0 atom stereocenters. The molecule has 0 aliphatic heterocycles. The minimum atomic E-state index is -3.48. The Balaban J connectivity index is 0.000000921. The van der Waals surface area contributed by atoms with Crippen molar-refractivity contribution in [3.63, 3.8) is 0 Å². The number of aromatic hydroxyl groups is 1. The molecule has 0 heterocycles. The topological polar surface area (TPSA) is 54.4 Å². The van der Waals surface area contributed by atoms with Crippen molar-refractivity contribution in [2.45, 2.75) is 44.4 Å². The molecule has 0 aliphatic carbocycles. The van der Waals surface area contributed by atoms with Gasteiger partial charge in [-0.05, 0) is 43.3 Å². The summed E-state index contributed by atoms with van der Waals surface area (Å²) in [5, 5.41) is 9.13. The van der Waals surface area contributed by atoms with E-state index in [9.17, 15) is 8.42 Å². The average molecular weight is 308 g/mol. The first kappa shape index (κ1) is 19.2. The van der Waals surface area contributed by atoms with Crippen molar-refractivity contribution in [3.8, 4) is 5.75 Å². The zero-order valence-corrected chi connectivity index (χ0v) is 14.1. The molecule has 0 aromatic heterocycles. The number of phenolic OH excluding ortho intramolecular Hbond substituents is 1. The van der Waals surface area contributed by atoms with Crippen LogP contribution in [0.25, 0.3) is 0 Å². The molecule has 3 nitrogen and oxygen atoms in total. The number of benzene rings is 2. The zero-order valence-electron chi connectivity index (χ0n) is 13.3. The van der Waals surface area contributed by atoms with Gasteiger partial charge in [-0.2, -0.15) is 0 Å². The average Bonchev–Trinajstić information content (AvgIpc) is 2.52. The summed E-state index contributed by atoms with van der Waals surface area (Å²) in [6, 6.07) is 12.2. The fourth-order valence-electron chi connectivity index (χ4n) is 1.48. The Labute approximate surface area is 128 Å². The molecule has 0 fully saturated rings. The number of hydrogen-bond acceptors (Lipinski definition) is 3. The first-order valence-corrected chi connectivity index (χ1v) is 8.59. The van der Waals surface area contributed by atoms with Gasteiger partial charge in [0.1, 0.15) is 5.75 Å². The first-order chi connectivity index (χ1) is 10.00. The van der Waals surface area contributed by atoms with E-state index in [1.54, 1.807) is 24.3 Å². The molecule has 4 heteroatoms.